The van der Waals surface area contributed by atoms with Crippen LogP contribution < -0.4 is 10.2 Å². The van der Waals surface area contributed by atoms with E-state index in [1.165, 1.54) is 16.8 Å². The molecule has 1 amide bonds. The maximum absolute atomic E-state index is 12.5. The molecule has 3 aromatic rings. The smallest absolute Gasteiger partial charge is 0.255 e. The summed E-state index contributed by atoms with van der Waals surface area (Å²) in [6.45, 7) is 3.82. The van der Waals surface area contributed by atoms with Crippen LogP contribution in [0.15, 0.2) is 66.7 Å². The van der Waals surface area contributed by atoms with E-state index in [0.717, 1.165) is 30.8 Å². The highest BCUT2D eigenvalue weighted by Gasteiger charge is 2.18. The summed E-state index contributed by atoms with van der Waals surface area (Å²) in [4.78, 5) is 14.9. The Bertz CT molecular complexity index is 982. The Balaban J connectivity index is 1.44. The average molecular weight is 377 g/mol. The van der Waals surface area contributed by atoms with E-state index >= 15 is 0 Å². The molecule has 0 radical (unpaired) electrons. The molecule has 136 valence electrons. The van der Waals surface area contributed by atoms with Gasteiger partial charge >= 0.3 is 0 Å². The molecule has 1 N–H and O–H groups in total. The van der Waals surface area contributed by atoms with Gasteiger partial charge in [-0.1, -0.05) is 41.9 Å². The first kappa shape index (κ1) is 17.6. The summed E-state index contributed by atoms with van der Waals surface area (Å²) in [5, 5.41) is 3.62. The van der Waals surface area contributed by atoms with Gasteiger partial charge in [0.05, 0.1) is 0 Å². The molecule has 1 aliphatic rings. The van der Waals surface area contributed by atoms with Gasteiger partial charge in [0.2, 0.25) is 0 Å². The number of aryl methyl sites for hydroxylation is 1. The molecule has 0 spiro atoms. The zero-order chi connectivity index (χ0) is 18.8. The van der Waals surface area contributed by atoms with Crippen LogP contribution in [0.25, 0.3) is 0 Å². The molecule has 4 rings (SSSR count). The maximum atomic E-state index is 12.5. The molecule has 0 fully saturated rings. The Morgan fingerprint density at radius 1 is 1.07 bits per heavy atom. The first-order valence-electron chi connectivity index (χ1n) is 9.09. The van der Waals surface area contributed by atoms with Crippen molar-refractivity contribution >= 4 is 28.9 Å². The first-order chi connectivity index (χ1) is 13.1. The number of hydrogen-bond acceptors (Lipinski definition) is 2. The van der Waals surface area contributed by atoms with Gasteiger partial charge in [-0.15, -0.1) is 0 Å². The number of carbonyl (C=O) groups excluding carboxylic acids is 1. The van der Waals surface area contributed by atoms with E-state index < -0.39 is 0 Å². The molecule has 0 unspecified atom stereocenters. The molecule has 4 heteroatoms. The number of carbonyl (C=O) groups is 1. The molecule has 0 saturated carbocycles. The molecule has 3 nitrogen and oxygen atoms in total. The molecule has 0 bridgehead atoms. The average Bonchev–Trinajstić information content (AvgIpc) is 3.08. The minimum absolute atomic E-state index is 0.113. The first-order valence-corrected chi connectivity index (χ1v) is 9.47. The van der Waals surface area contributed by atoms with Crippen molar-refractivity contribution in [1.82, 2.24) is 0 Å². The van der Waals surface area contributed by atoms with E-state index in [1.807, 2.05) is 43.3 Å². The Hall–Kier alpha value is -2.78. The number of anilines is 2. The van der Waals surface area contributed by atoms with Crippen LogP contribution >= 0.6 is 11.6 Å². The number of nitrogens with zero attached hydrogens (tertiary/aromatic N) is 1. The number of rotatable bonds is 4. The van der Waals surface area contributed by atoms with Crippen molar-refractivity contribution in [2.24, 2.45) is 0 Å². The summed E-state index contributed by atoms with van der Waals surface area (Å²) in [6.07, 6.45) is 1.09. The minimum atomic E-state index is -0.113. The molecule has 3 aromatic carbocycles. The monoisotopic (exact) mass is 376 g/mol. The second-order valence-electron chi connectivity index (χ2n) is 6.91. The standard InChI is InChI=1S/C23H21ClN2O/c1-16-14-20(24)10-11-21(16)25-23(27)19-8-6-17(7-9-19)15-26-13-12-18-4-2-3-5-22(18)26/h2-11,14H,12-13,15H2,1H3,(H,25,27). The lowest BCUT2D eigenvalue weighted by molar-refractivity contribution is 0.102. The number of amides is 1. The van der Waals surface area contributed by atoms with E-state index in [9.17, 15) is 4.79 Å². The van der Waals surface area contributed by atoms with Crippen LogP contribution in [0, 0.1) is 6.92 Å². The van der Waals surface area contributed by atoms with Gasteiger partial charge in [-0.05, 0) is 66.4 Å². The van der Waals surface area contributed by atoms with E-state index in [-0.39, 0.29) is 5.91 Å². The fourth-order valence-electron chi connectivity index (χ4n) is 3.51. The van der Waals surface area contributed by atoms with Gasteiger partial charge in [-0.3, -0.25) is 4.79 Å². The molecular formula is C23H21ClN2O. The molecule has 1 heterocycles. The largest absolute Gasteiger partial charge is 0.367 e. The molecule has 0 saturated heterocycles. The zero-order valence-electron chi connectivity index (χ0n) is 15.2. The Labute approximate surface area is 164 Å². The highest BCUT2D eigenvalue weighted by atomic mass is 35.5. The number of nitrogens with one attached hydrogen (secondary N) is 1. The lowest BCUT2D eigenvalue weighted by Gasteiger charge is -2.19. The number of benzene rings is 3. The van der Waals surface area contributed by atoms with Crippen LogP contribution in [0.2, 0.25) is 5.02 Å². The van der Waals surface area contributed by atoms with Crippen LogP contribution in [-0.4, -0.2) is 12.5 Å². The van der Waals surface area contributed by atoms with Gasteiger partial charge in [0.1, 0.15) is 0 Å². The Kier molecular flexibility index (Phi) is 4.87. The quantitative estimate of drug-likeness (QED) is 0.655. The summed E-state index contributed by atoms with van der Waals surface area (Å²) in [5.74, 6) is -0.113. The maximum Gasteiger partial charge on any atom is 0.255 e. The highest BCUT2D eigenvalue weighted by Crippen LogP contribution is 2.29. The lowest BCUT2D eigenvalue weighted by Crippen LogP contribution is -2.19. The van der Waals surface area contributed by atoms with Crippen molar-refractivity contribution in [3.63, 3.8) is 0 Å². The predicted molar refractivity (Wildman–Crippen MR) is 112 cm³/mol. The second-order valence-corrected chi connectivity index (χ2v) is 7.35. The molecule has 0 atom stereocenters. The van der Waals surface area contributed by atoms with Crippen molar-refractivity contribution in [3.05, 3.63) is 94.0 Å². The third-order valence-corrected chi connectivity index (χ3v) is 5.24. The number of fused-ring (bicyclic) bond motifs is 1. The minimum Gasteiger partial charge on any atom is -0.367 e. The number of hydrogen-bond donors (Lipinski definition) is 1. The van der Waals surface area contributed by atoms with Gasteiger partial charge < -0.3 is 10.2 Å². The fraction of sp³-hybridized carbons (Fsp3) is 0.174. The third-order valence-electron chi connectivity index (χ3n) is 5.01. The molecule has 0 aromatic heterocycles. The van der Waals surface area contributed by atoms with Gasteiger partial charge in [-0.2, -0.15) is 0 Å². The van der Waals surface area contributed by atoms with E-state index in [2.05, 4.69) is 34.5 Å². The van der Waals surface area contributed by atoms with E-state index in [1.54, 1.807) is 6.07 Å². The van der Waals surface area contributed by atoms with Crippen molar-refractivity contribution < 1.29 is 4.79 Å². The number of halogens is 1. The van der Waals surface area contributed by atoms with Gasteiger partial charge in [0.25, 0.3) is 5.91 Å². The van der Waals surface area contributed by atoms with Crippen LogP contribution in [0.3, 0.4) is 0 Å². The topological polar surface area (TPSA) is 32.3 Å². The Morgan fingerprint density at radius 2 is 1.85 bits per heavy atom. The summed E-state index contributed by atoms with van der Waals surface area (Å²) < 4.78 is 0. The second kappa shape index (κ2) is 7.45. The fourth-order valence-corrected chi connectivity index (χ4v) is 3.74. The van der Waals surface area contributed by atoms with Gasteiger partial charge in [-0.25, -0.2) is 0 Å². The zero-order valence-corrected chi connectivity index (χ0v) is 16.0. The lowest BCUT2D eigenvalue weighted by atomic mass is 10.1. The third kappa shape index (κ3) is 3.83. The van der Waals surface area contributed by atoms with E-state index in [4.69, 9.17) is 11.6 Å². The van der Waals surface area contributed by atoms with Crippen LogP contribution in [0.4, 0.5) is 11.4 Å². The summed E-state index contributed by atoms with van der Waals surface area (Å²) in [7, 11) is 0. The normalized spacial score (nSPS) is 12.7. The van der Waals surface area contributed by atoms with Gasteiger partial charge in [0, 0.05) is 35.1 Å². The van der Waals surface area contributed by atoms with Crippen LogP contribution in [0.5, 0.6) is 0 Å². The summed E-state index contributed by atoms with van der Waals surface area (Å²) in [5.41, 5.74) is 6.30. The molecule has 27 heavy (non-hydrogen) atoms. The summed E-state index contributed by atoms with van der Waals surface area (Å²) in [6, 6.07) is 21.8. The SMILES string of the molecule is Cc1cc(Cl)ccc1NC(=O)c1ccc(CN2CCc3ccccc32)cc1. The van der Waals surface area contributed by atoms with E-state index in [0.29, 0.717) is 10.6 Å². The van der Waals surface area contributed by atoms with Crippen molar-refractivity contribution in [1.29, 1.82) is 0 Å². The van der Waals surface area contributed by atoms with Crippen molar-refractivity contribution in [2.45, 2.75) is 19.9 Å². The van der Waals surface area contributed by atoms with Gasteiger partial charge in [0.15, 0.2) is 0 Å². The van der Waals surface area contributed by atoms with Crippen molar-refractivity contribution in [2.75, 3.05) is 16.8 Å². The molecule has 1 aliphatic heterocycles. The predicted octanol–water partition coefficient (Wildman–Crippen LogP) is 5.46. The molecule has 0 aliphatic carbocycles. The summed E-state index contributed by atoms with van der Waals surface area (Å²) >= 11 is 5.97. The van der Waals surface area contributed by atoms with Crippen LogP contribution in [-0.2, 0) is 13.0 Å². The Morgan fingerprint density at radius 3 is 2.63 bits per heavy atom. The number of para-hydroxylation sites is 1. The molecular weight excluding hydrogens is 356 g/mol. The highest BCUT2D eigenvalue weighted by molar-refractivity contribution is 6.30. The van der Waals surface area contributed by atoms with Crippen molar-refractivity contribution in [3.8, 4) is 0 Å². The van der Waals surface area contributed by atoms with Crippen LogP contribution in [0.1, 0.15) is 27.0 Å².